The molecular formula is C22H24N2O5. The molecule has 0 saturated heterocycles. The van der Waals surface area contributed by atoms with Crippen LogP contribution in [0.5, 0.6) is 17.2 Å². The first-order valence-corrected chi connectivity index (χ1v) is 9.36. The Morgan fingerprint density at radius 2 is 1.93 bits per heavy atom. The number of pyridine rings is 1. The molecule has 3 aromatic rings. The van der Waals surface area contributed by atoms with E-state index in [4.69, 9.17) is 18.6 Å². The van der Waals surface area contributed by atoms with Gasteiger partial charge in [0.1, 0.15) is 17.7 Å². The Balaban J connectivity index is 1.76. The van der Waals surface area contributed by atoms with Gasteiger partial charge in [0.2, 0.25) is 5.89 Å². The number of carbonyl (C=O) groups is 1. The SMILES string of the molecule is CCOc1cc(-c2nc(CC(C)C(=O)c3ncccc3OC)co2)ccc1OC. The monoisotopic (exact) mass is 396 g/mol. The molecule has 29 heavy (non-hydrogen) atoms. The number of aromatic nitrogens is 2. The molecule has 152 valence electrons. The Kier molecular flexibility index (Phi) is 6.49. The number of ketones is 1. The van der Waals surface area contributed by atoms with E-state index in [-0.39, 0.29) is 11.7 Å². The summed E-state index contributed by atoms with van der Waals surface area (Å²) in [4.78, 5) is 21.5. The largest absolute Gasteiger partial charge is 0.494 e. The van der Waals surface area contributed by atoms with Crippen molar-refractivity contribution in [2.45, 2.75) is 20.3 Å². The summed E-state index contributed by atoms with van der Waals surface area (Å²) in [6.07, 6.45) is 3.58. The van der Waals surface area contributed by atoms with Gasteiger partial charge in [-0.25, -0.2) is 9.97 Å². The quantitative estimate of drug-likeness (QED) is 0.501. The Morgan fingerprint density at radius 1 is 1.14 bits per heavy atom. The molecule has 0 spiro atoms. The van der Waals surface area contributed by atoms with Gasteiger partial charge in [-0.05, 0) is 37.3 Å². The lowest BCUT2D eigenvalue weighted by Gasteiger charge is -2.11. The first-order chi connectivity index (χ1) is 14.1. The third kappa shape index (κ3) is 4.56. The van der Waals surface area contributed by atoms with E-state index in [0.717, 1.165) is 5.56 Å². The second kappa shape index (κ2) is 9.23. The Bertz CT molecular complexity index is 983. The summed E-state index contributed by atoms with van der Waals surface area (Å²) < 4.78 is 21.8. The number of benzene rings is 1. The average molecular weight is 396 g/mol. The van der Waals surface area contributed by atoms with Crippen molar-refractivity contribution in [2.75, 3.05) is 20.8 Å². The summed E-state index contributed by atoms with van der Waals surface area (Å²) in [5, 5.41) is 0. The van der Waals surface area contributed by atoms with Crippen molar-refractivity contribution in [3.63, 3.8) is 0 Å². The zero-order chi connectivity index (χ0) is 20.8. The molecule has 3 rings (SSSR count). The first kappa shape index (κ1) is 20.4. The van der Waals surface area contributed by atoms with Gasteiger partial charge < -0.3 is 18.6 Å². The summed E-state index contributed by atoms with van der Waals surface area (Å²) in [6, 6.07) is 8.94. The van der Waals surface area contributed by atoms with Gasteiger partial charge in [-0.2, -0.15) is 0 Å². The van der Waals surface area contributed by atoms with Crippen LogP contribution in [0.1, 0.15) is 30.0 Å². The van der Waals surface area contributed by atoms with E-state index in [1.807, 2.05) is 32.0 Å². The summed E-state index contributed by atoms with van der Waals surface area (Å²) in [5.74, 6) is 1.76. The van der Waals surface area contributed by atoms with Gasteiger partial charge in [-0.1, -0.05) is 6.92 Å². The minimum atomic E-state index is -0.327. The molecule has 0 bridgehead atoms. The van der Waals surface area contributed by atoms with Crippen molar-refractivity contribution < 1.29 is 23.4 Å². The van der Waals surface area contributed by atoms with Crippen molar-refractivity contribution in [1.29, 1.82) is 0 Å². The van der Waals surface area contributed by atoms with Gasteiger partial charge in [0.25, 0.3) is 0 Å². The van der Waals surface area contributed by atoms with Crippen molar-refractivity contribution in [3.8, 4) is 28.7 Å². The number of hydrogen-bond acceptors (Lipinski definition) is 7. The predicted octanol–water partition coefficient (Wildman–Crippen LogP) is 4.21. The number of oxazole rings is 1. The molecule has 0 N–H and O–H groups in total. The Hall–Kier alpha value is -3.35. The van der Waals surface area contributed by atoms with Crippen LogP contribution in [0.4, 0.5) is 0 Å². The van der Waals surface area contributed by atoms with Crippen LogP contribution in [0, 0.1) is 5.92 Å². The predicted molar refractivity (Wildman–Crippen MR) is 108 cm³/mol. The van der Waals surface area contributed by atoms with Crippen LogP contribution in [0.2, 0.25) is 0 Å². The van der Waals surface area contributed by atoms with Gasteiger partial charge >= 0.3 is 0 Å². The summed E-state index contributed by atoms with van der Waals surface area (Å²) >= 11 is 0. The fraction of sp³-hybridized carbons (Fsp3) is 0.318. The molecular weight excluding hydrogens is 372 g/mol. The number of ether oxygens (including phenoxy) is 3. The number of nitrogens with zero attached hydrogens (tertiary/aromatic N) is 2. The van der Waals surface area contributed by atoms with E-state index in [1.54, 1.807) is 31.7 Å². The standard InChI is InChI=1S/C22H24N2O5/c1-5-28-19-12-15(8-9-17(19)26-3)22-24-16(13-29-22)11-14(2)21(25)20-18(27-4)7-6-10-23-20/h6-10,12-14H,5,11H2,1-4H3. The molecule has 1 atom stereocenters. The molecule has 0 aliphatic carbocycles. The van der Waals surface area contributed by atoms with Gasteiger partial charge in [0.15, 0.2) is 17.3 Å². The van der Waals surface area contributed by atoms with Crippen molar-refractivity contribution >= 4 is 5.78 Å². The maximum Gasteiger partial charge on any atom is 0.226 e. The highest BCUT2D eigenvalue weighted by atomic mass is 16.5. The van der Waals surface area contributed by atoms with Gasteiger partial charge in [-0.15, -0.1) is 0 Å². The van der Waals surface area contributed by atoms with E-state index in [9.17, 15) is 4.79 Å². The van der Waals surface area contributed by atoms with E-state index < -0.39 is 0 Å². The molecule has 0 aliphatic heterocycles. The summed E-state index contributed by atoms with van der Waals surface area (Å²) in [6.45, 7) is 4.27. The van der Waals surface area contributed by atoms with Crippen molar-refractivity contribution in [3.05, 3.63) is 54.2 Å². The maximum absolute atomic E-state index is 12.8. The van der Waals surface area contributed by atoms with Gasteiger partial charge in [0.05, 0.1) is 26.5 Å². The highest BCUT2D eigenvalue weighted by molar-refractivity contribution is 5.98. The van der Waals surface area contributed by atoms with E-state index >= 15 is 0 Å². The lowest BCUT2D eigenvalue weighted by atomic mass is 9.98. The second-order valence-corrected chi connectivity index (χ2v) is 6.47. The molecule has 0 fully saturated rings. The lowest BCUT2D eigenvalue weighted by molar-refractivity contribution is 0.0920. The molecule has 1 unspecified atom stereocenters. The smallest absolute Gasteiger partial charge is 0.226 e. The van der Waals surface area contributed by atoms with E-state index in [1.165, 1.54) is 7.11 Å². The zero-order valence-corrected chi connectivity index (χ0v) is 17.0. The highest BCUT2D eigenvalue weighted by Gasteiger charge is 2.22. The molecule has 0 aliphatic rings. The Morgan fingerprint density at radius 3 is 2.66 bits per heavy atom. The second-order valence-electron chi connectivity index (χ2n) is 6.47. The first-order valence-electron chi connectivity index (χ1n) is 9.36. The molecule has 0 saturated carbocycles. The van der Waals surface area contributed by atoms with Crippen LogP contribution in [-0.4, -0.2) is 36.6 Å². The van der Waals surface area contributed by atoms with E-state index in [0.29, 0.717) is 47.6 Å². The van der Waals surface area contributed by atoms with Crippen molar-refractivity contribution in [2.24, 2.45) is 5.92 Å². The Labute approximate surface area is 169 Å². The number of carbonyl (C=O) groups excluding carboxylic acids is 1. The number of methoxy groups -OCH3 is 2. The minimum absolute atomic E-state index is 0.102. The molecule has 1 aromatic carbocycles. The summed E-state index contributed by atoms with van der Waals surface area (Å²) in [5.41, 5.74) is 1.78. The van der Waals surface area contributed by atoms with Crippen LogP contribution in [0.15, 0.2) is 47.2 Å². The molecule has 2 aromatic heterocycles. The van der Waals surface area contributed by atoms with Crippen LogP contribution >= 0.6 is 0 Å². The highest BCUT2D eigenvalue weighted by Crippen LogP contribution is 2.32. The van der Waals surface area contributed by atoms with Crippen LogP contribution in [0.3, 0.4) is 0 Å². The normalized spacial score (nSPS) is 11.7. The third-order valence-electron chi connectivity index (χ3n) is 4.45. The topological polar surface area (TPSA) is 83.7 Å². The average Bonchev–Trinajstić information content (AvgIpc) is 3.21. The minimum Gasteiger partial charge on any atom is -0.494 e. The van der Waals surface area contributed by atoms with Crippen LogP contribution < -0.4 is 14.2 Å². The third-order valence-corrected chi connectivity index (χ3v) is 4.45. The fourth-order valence-corrected chi connectivity index (χ4v) is 2.99. The summed E-state index contributed by atoms with van der Waals surface area (Å²) in [7, 11) is 3.11. The number of hydrogen-bond donors (Lipinski definition) is 0. The maximum atomic E-state index is 12.8. The molecule has 7 heteroatoms. The molecule has 0 amide bonds. The number of Topliss-reactive ketones (excluding diaryl/α,β-unsaturated/α-hetero) is 1. The van der Waals surface area contributed by atoms with Crippen LogP contribution in [-0.2, 0) is 6.42 Å². The molecule has 7 nitrogen and oxygen atoms in total. The van der Waals surface area contributed by atoms with Gasteiger partial charge in [0, 0.05) is 24.1 Å². The van der Waals surface area contributed by atoms with Gasteiger partial charge in [-0.3, -0.25) is 4.79 Å². The van der Waals surface area contributed by atoms with Crippen molar-refractivity contribution in [1.82, 2.24) is 9.97 Å². The fourth-order valence-electron chi connectivity index (χ4n) is 2.99. The van der Waals surface area contributed by atoms with E-state index in [2.05, 4.69) is 9.97 Å². The lowest BCUT2D eigenvalue weighted by Crippen LogP contribution is -2.16. The zero-order valence-electron chi connectivity index (χ0n) is 17.0. The molecule has 0 radical (unpaired) electrons. The molecule has 2 heterocycles. The number of rotatable bonds is 9. The van der Waals surface area contributed by atoms with Crippen LogP contribution in [0.25, 0.3) is 11.5 Å².